The first-order valence-corrected chi connectivity index (χ1v) is 9.09. The normalized spacial score (nSPS) is 10.8. The molecule has 0 saturated heterocycles. The van der Waals surface area contributed by atoms with Crippen LogP contribution in [0.15, 0.2) is 77.3 Å². The minimum Gasteiger partial charge on any atom is -0.490 e. The molecule has 28 heavy (non-hydrogen) atoms. The fourth-order valence-electron chi connectivity index (χ4n) is 2.77. The van der Waals surface area contributed by atoms with Crippen LogP contribution in [0.4, 0.5) is 0 Å². The Morgan fingerprint density at radius 1 is 0.964 bits per heavy atom. The minimum absolute atomic E-state index is 0.134. The number of aromatic nitrogens is 1. The van der Waals surface area contributed by atoms with E-state index >= 15 is 0 Å². The van der Waals surface area contributed by atoms with Crippen molar-refractivity contribution in [2.24, 2.45) is 0 Å². The molecule has 0 bridgehead atoms. The van der Waals surface area contributed by atoms with Gasteiger partial charge in [-0.05, 0) is 42.5 Å². The second-order valence-electron chi connectivity index (χ2n) is 6.05. The van der Waals surface area contributed by atoms with E-state index in [0.29, 0.717) is 27.6 Å². The van der Waals surface area contributed by atoms with Gasteiger partial charge >= 0.3 is 5.97 Å². The average molecular weight is 394 g/mol. The Labute approximate surface area is 166 Å². The smallest absolute Gasteiger partial charge is 0.338 e. The van der Waals surface area contributed by atoms with Crippen LogP contribution in [0.25, 0.3) is 22.2 Å². The molecule has 0 aliphatic carbocycles. The quantitative estimate of drug-likeness (QED) is 0.325. The van der Waals surface area contributed by atoms with E-state index in [9.17, 15) is 4.79 Å². The lowest BCUT2D eigenvalue weighted by Crippen LogP contribution is -2.12. The topological polar surface area (TPSA) is 61.6 Å². The predicted octanol–water partition coefficient (Wildman–Crippen LogP) is 5.38. The summed E-state index contributed by atoms with van der Waals surface area (Å²) in [6, 6.07) is 21.8. The van der Waals surface area contributed by atoms with Crippen LogP contribution in [0.1, 0.15) is 10.4 Å². The zero-order valence-corrected chi connectivity index (χ0v) is 15.6. The summed E-state index contributed by atoms with van der Waals surface area (Å²) >= 11 is 5.83. The van der Waals surface area contributed by atoms with Crippen molar-refractivity contribution >= 4 is 28.5 Å². The first-order valence-electron chi connectivity index (χ1n) is 8.71. The summed E-state index contributed by atoms with van der Waals surface area (Å²) in [7, 11) is 0. The second-order valence-corrected chi connectivity index (χ2v) is 6.48. The molecule has 6 heteroatoms. The molecule has 3 aromatic carbocycles. The lowest BCUT2D eigenvalue weighted by Gasteiger charge is -2.07. The van der Waals surface area contributed by atoms with Gasteiger partial charge in [0.25, 0.3) is 0 Å². The monoisotopic (exact) mass is 393 g/mol. The summed E-state index contributed by atoms with van der Waals surface area (Å²) in [4.78, 5) is 12.4. The molecule has 0 spiro atoms. The number of carbonyl (C=O) groups excluding carboxylic acids is 1. The summed E-state index contributed by atoms with van der Waals surface area (Å²) in [5.41, 5.74) is 2.01. The van der Waals surface area contributed by atoms with E-state index in [1.54, 1.807) is 42.5 Å². The molecular formula is C22H16ClNO4. The van der Waals surface area contributed by atoms with Gasteiger partial charge < -0.3 is 14.0 Å². The van der Waals surface area contributed by atoms with Crippen molar-refractivity contribution in [1.29, 1.82) is 0 Å². The van der Waals surface area contributed by atoms with Crippen molar-refractivity contribution in [3.8, 4) is 17.1 Å². The van der Waals surface area contributed by atoms with Gasteiger partial charge in [0.2, 0.25) is 0 Å². The van der Waals surface area contributed by atoms with E-state index in [2.05, 4.69) is 5.16 Å². The molecule has 0 fully saturated rings. The van der Waals surface area contributed by atoms with Crippen molar-refractivity contribution in [2.75, 3.05) is 13.2 Å². The van der Waals surface area contributed by atoms with Crippen LogP contribution in [0.5, 0.6) is 5.75 Å². The Bertz CT molecular complexity index is 1090. The highest BCUT2D eigenvalue weighted by atomic mass is 35.5. The molecule has 0 aliphatic heterocycles. The molecule has 0 atom stereocenters. The lowest BCUT2D eigenvalue weighted by atomic mass is 10.1. The molecule has 1 heterocycles. The van der Waals surface area contributed by atoms with Crippen molar-refractivity contribution in [2.45, 2.75) is 0 Å². The molecule has 1 aromatic heterocycles. The number of benzene rings is 3. The Morgan fingerprint density at radius 2 is 1.75 bits per heavy atom. The third-order valence-electron chi connectivity index (χ3n) is 4.15. The van der Waals surface area contributed by atoms with Crippen molar-refractivity contribution < 1.29 is 18.8 Å². The number of nitrogens with zero attached hydrogens (tertiary/aromatic N) is 1. The van der Waals surface area contributed by atoms with E-state index in [4.69, 9.17) is 25.6 Å². The van der Waals surface area contributed by atoms with Crippen LogP contribution >= 0.6 is 11.6 Å². The number of carbonyl (C=O) groups is 1. The molecule has 140 valence electrons. The van der Waals surface area contributed by atoms with Crippen LogP contribution in [-0.2, 0) is 4.74 Å². The van der Waals surface area contributed by atoms with Crippen molar-refractivity contribution in [1.82, 2.24) is 5.16 Å². The van der Waals surface area contributed by atoms with Gasteiger partial charge in [0.05, 0.1) is 10.9 Å². The Morgan fingerprint density at radius 3 is 2.54 bits per heavy atom. The fourth-order valence-corrected chi connectivity index (χ4v) is 2.90. The summed E-state index contributed by atoms with van der Waals surface area (Å²) in [5, 5.41) is 5.45. The van der Waals surface area contributed by atoms with Gasteiger partial charge in [0.15, 0.2) is 5.76 Å². The Hall–Kier alpha value is -3.31. The third-order valence-corrected chi connectivity index (χ3v) is 4.40. The van der Waals surface area contributed by atoms with E-state index in [-0.39, 0.29) is 13.2 Å². The zero-order chi connectivity index (χ0) is 19.3. The molecule has 0 unspecified atom stereocenters. The van der Waals surface area contributed by atoms with Gasteiger partial charge in [-0.15, -0.1) is 0 Å². The van der Waals surface area contributed by atoms with Gasteiger partial charge in [-0.1, -0.05) is 47.1 Å². The van der Waals surface area contributed by atoms with E-state index in [1.807, 2.05) is 30.3 Å². The van der Waals surface area contributed by atoms with Crippen molar-refractivity contribution in [3.63, 3.8) is 0 Å². The van der Waals surface area contributed by atoms with Crippen LogP contribution < -0.4 is 4.74 Å². The maximum atomic E-state index is 12.4. The van der Waals surface area contributed by atoms with Crippen LogP contribution in [0, 0.1) is 0 Å². The molecule has 5 nitrogen and oxygen atoms in total. The van der Waals surface area contributed by atoms with E-state index in [1.165, 1.54) is 0 Å². The number of hydrogen-bond acceptors (Lipinski definition) is 5. The van der Waals surface area contributed by atoms with Crippen LogP contribution in [-0.4, -0.2) is 24.3 Å². The van der Waals surface area contributed by atoms with Crippen LogP contribution in [0.3, 0.4) is 0 Å². The van der Waals surface area contributed by atoms with Crippen molar-refractivity contribution in [3.05, 3.63) is 83.4 Å². The van der Waals surface area contributed by atoms with E-state index in [0.717, 1.165) is 10.9 Å². The number of rotatable bonds is 6. The molecule has 0 radical (unpaired) electrons. The summed E-state index contributed by atoms with van der Waals surface area (Å²) < 4.78 is 16.3. The zero-order valence-electron chi connectivity index (χ0n) is 14.8. The summed E-state index contributed by atoms with van der Waals surface area (Å²) in [5.74, 6) is 0.858. The van der Waals surface area contributed by atoms with E-state index < -0.39 is 5.97 Å². The molecule has 4 rings (SSSR count). The third kappa shape index (κ3) is 4.00. The number of hydrogen-bond donors (Lipinski definition) is 0. The highest BCUT2D eigenvalue weighted by Crippen LogP contribution is 2.29. The number of halogens is 1. The van der Waals surface area contributed by atoms with Gasteiger partial charge in [-0.2, -0.15) is 0 Å². The molecule has 4 aromatic rings. The standard InChI is InChI=1S/C22H16ClNO4/c23-17-7-9-18(10-8-17)26-12-13-27-22(25)16-6-11-20-19(14-16)21(28-24-20)15-4-2-1-3-5-15/h1-11,14H,12-13H2. The van der Waals surface area contributed by atoms with Gasteiger partial charge in [0.1, 0.15) is 24.5 Å². The lowest BCUT2D eigenvalue weighted by molar-refractivity contribution is 0.0450. The SMILES string of the molecule is O=C(OCCOc1ccc(Cl)cc1)c1ccc2noc(-c3ccccc3)c2c1. The first-order chi connectivity index (χ1) is 13.7. The molecule has 0 aliphatic rings. The predicted molar refractivity (Wildman–Crippen MR) is 107 cm³/mol. The fraction of sp³-hybridized carbons (Fsp3) is 0.0909. The second kappa shape index (κ2) is 8.15. The number of fused-ring (bicyclic) bond motifs is 1. The highest BCUT2D eigenvalue weighted by molar-refractivity contribution is 6.30. The maximum absolute atomic E-state index is 12.4. The molecular weight excluding hydrogens is 378 g/mol. The number of ether oxygens (including phenoxy) is 2. The van der Waals surface area contributed by atoms with Crippen LogP contribution in [0.2, 0.25) is 5.02 Å². The van der Waals surface area contributed by atoms with Gasteiger partial charge in [-0.25, -0.2) is 4.79 Å². The first kappa shape index (κ1) is 18.1. The summed E-state index contributed by atoms with van der Waals surface area (Å²) in [6.07, 6.45) is 0. The van der Waals surface area contributed by atoms with Gasteiger partial charge in [0, 0.05) is 10.6 Å². The summed E-state index contributed by atoms with van der Waals surface area (Å²) in [6.45, 7) is 0.382. The Kier molecular flexibility index (Phi) is 5.26. The maximum Gasteiger partial charge on any atom is 0.338 e. The number of esters is 1. The minimum atomic E-state index is -0.429. The van der Waals surface area contributed by atoms with Gasteiger partial charge in [-0.3, -0.25) is 0 Å². The Balaban J connectivity index is 1.42. The largest absolute Gasteiger partial charge is 0.490 e. The molecule has 0 amide bonds. The average Bonchev–Trinajstić information content (AvgIpc) is 3.16. The molecule has 0 N–H and O–H groups in total. The highest BCUT2D eigenvalue weighted by Gasteiger charge is 2.14. The molecule has 0 saturated carbocycles.